The number of piperidine rings is 1. The van der Waals surface area contributed by atoms with E-state index in [1.54, 1.807) is 26.4 Å². The number of hydrogen-bond donors (Lipinski definition) is 0. The number of nitrogens with zero attached hydrogens (tertiary/aromatic N) is 2. The zero-order chi connectivity index (χ0) is 20.2. The van der Waals surface area contributed by atoms with Gasteiger partial charge >= 0.3 is 0 Å². The van der Waals surface area contributed by atoms with E-state index in [1.807, 2.05) is 18.3 Å². The number of methoxy groups -OCH3 is 2. The quantitative estimate of drug-likeness (QED) is 0.586. The maximum atomic E-state index is 13.1. The normalized spacial score (nSPS) is 17.2. The van der Waals surface area contributed by atoms with Crippen molar-refractivity contribution >= 4 is 16.7 Å². The second-order valence-corrected chi connectivity index (χ2v) is 7.54. The van der Waals surface area contributed by atoms with E-state index in [2.05, 4.69) is 34.1 Å². The molecule has 1 aliphatic rings. The maximum Gasteiger partial charge on any atom is 0.167 e. The van der Waals surface area contributed by atoms with Gasteiger partial charge in [-0.05, 0) is 61.3 Å². The highest BCUT2D eigenvalue weighted by Gasteiger charge is 2.27. The molecule has 2 heterocycles. The first-order valence-electron chi connectivity index (χ1n) is 10.00. The monoisotopic (exact) mass is 390 g/mol. The van der Waals surface area contributed by atoms with Gasteiger partial charge in [0.1, 0.15) is 0 Å². The van der Waals surface area contributed by atoms with Crippen LogP contribution in [0, 0.1) is 5.92 Å². The van der Waals surface area contributed by atoms with E-state index in [9.17, 15) is 4.79 Å². The first-order chi connectivity index (χ1) is 14.2. The SMILES string of the molecule is COc1ccc(C(=O)[C@H]2CCCN(Cc3ccc4ncccc4c3)C2)cc1OC. The van der Waals surface area contributed by atoms with Gasteiger partial charge in [-0.25, -0.2) is 0 Å². The molecule has 0 aliphatic carbocycles. The summed E-state index contributed by atoms with van der Waals surface area (Å²) < 4.78 is 10.6. The van der Waals surface area contributed by atoms with Crippen molar-refractivity contribution in [2.45, 2.75) is 19.4 Å². The van der Waals surface area contributed by atoms with Crippen LogP contribution in [0.15, 0.2) is 54.7 Å². The molecule has 5 heteroatoms. The molecule has 1 atom stereocenters. The summed E-state index contributed by atoms with van der Waals surface area (Å²) in [6.07, 6.45) is 3.77. The Morgan fingerprint density at radius 2 is 1.97 bits per heavy atom. The number of benzene rings is 2. The molecule has 0 unspecified atom stereocenters. The molecule has 0 saturated carbocycles. The molecule has 1 aliphatic heterocycles. The number of carbonyl (C=O) groups is 1. The summed E-state index contributed by atoms with van der Waals surface area (Å²) in [5.41, 5.74) is 2.95. The molecule has 0 bridgehead atoms. The van der Waals surface area contributed by atoms with Gasteiger partial charge in [0.15, 0.2) is 17.3 Å². The van der Waals surface area contributed by atoms with Gasteiger partial charge in [0.25, 0.3) is 0 Å². The molecule has 0 radical (unpaired) electrons. The highest BCUT2D eigenvalue weighted by atomic mass is 16.5. The highest BCUT2D eigenvalue weighted by molar-refractivity contribution is 5.98. The fourth-order valence-corrected chi connectivity index (χ4v) is 4.12. The Hall–Kier alpha value is -2.92. The Kier molecular flexibility index (Phi) is 5.76. The molecule has 4 rings (SSSR count). The van der Waals surface area contributed by atoms with Crippen molar-refractivity contribution in [3.05, 3.63) is 65.9 Å². The lowest BCUT2D eigenvalue weighted by molar-refractivity contribution is 0.0811. The second-order valence-electron chi connectivity index (χ2n) is 7.54. The topological polar surface area (TPSA) is 51.7 Å². The van der Waals surface area contributed by atoms with Gasteiger partial charge in [0, 0.05) is 36.2 Å². The molecule has 29 heavy (non-hydrogen) atoms. The lowest BCUT2D eigenvalue weighted by Crippen LogP contribution is -2.38. The summed E-state index contributed by atoms with van der Waals surface area (Å²) in [7, 11) is 3.19. The molecule has 0 amide bonds. The van der Waals surface area contributed by atoms with Gasteiger partial charge in [0.05, 0.1) is 19.7 Å². The van der Waals surface area contributed by atoms with Crippen molar-refractivity contribution in [1.82, 2.24) is 9.88 Å². The summed E-state index contributed by atoms with van der Waals surface area (Å²) in [5, 5.41) is 1.15. The van der Waals surface area contributed by atoms with Gasteiger partial charge in [0.2, 0.25) is 0 Å². The number of fused-ring (bicyclic) bond motifs is 1. The number of Topliss-reactive ketones (excluding diaryl/α,β-unsaturated/α-hetero) is 1. The van der Waals surface area contributed by atoms with E-state index >= 15 is 0 Å². The smallest absolute Gasteiger partial charge is 0.167 e. The van der Waals surface area contributed by atoms with Crippen LogP contribution >= 0.6 is 0 Å². The van der Waals surface area contributed by atoms with Crippen LogP contribution in [0.5, 0.6) is 11.5 Å². The van der Waals surface area contributed by atoms with Crippen LogP contribution in [0.2, 0.25) is 0 Å². The largest absolute Gasteiger partial charge is 0.493 e. The van der Waals surface area contributed by atoms with Crippen LogP contribution in [-0.2, 0) is 6.54 Å². The van der Waals surface area contributed by atoms with E-state index in [-0.39, 0.29) is 11.7 Å². The molecule has 5 nitrogen and oxygen atoms in total. The zero-order valence-corrected chi connectivity index (χ0v) is 16.9. The van der Waals surface area contributed by atoms with E-state index in [1.165, 1.54) is 5.56 Å². The summed E-state index contributed by atoms with van der Waals surface area (Å²) in [4.78, 5) is 19.9. The molecule has 1 aromatic heterocycles. The average Bonchev–Trinajstić information content (AvgIpc) is 2.78. The molecular weight excluding hydrogens is 364 g/mol. The third-order valence-corrected chi connectivity index (χ3v) is 5.62. The standard InChI is InChI=1S/C24H26N2O3/c1-28-22-10-8-19(14-23(22)29-2)24(27)20-6-4-12-26(16-20)15-17-7-9-21-18(13-17)5-3-11-25-21/h3,5,7-11,13-14,20H,4,6,12,15-16H2,1-2H3/t20-/m0/s1. The van der Waals surface area contributed by atoms with Crippen molar-refractivity contribution in [3.63, 3.8) is 0 Å². The predicted octanol–water partition coefficient (Wildman–Crippen LogP) is 4.35. The minimum atomic E-state index is 0.00368. The Balaban J connectivity index is 1.46. The van der Waals surface area contributed by atoms with Crippen LogP contribution in [0.3, 0.4) is 0 Å². The molecule has 3 aromatic rings. The molecule has 0 N–H and O–H groups in total. The van der Waals surface area contributed by atoms with Crippen LogP contribution in [0.1, 0.15) is 28.8 Å². The molecule has 0 spiro atoms. The van der Waals surface area contributed by atoms with Crippen molar-refractivity contribution in [3.8, 4) is 11.5 Å². The van der Waals surface area contributed by atoms with Crippen LogP contribution in [0.4, 0.5) is 0 Å². The number of ketones is 1. The molecule has 150 valence electrons. The first-order valence-corrected chi connectivity index (χ1v) is 10.00. The van der Waals surface area contributed by atoms with Crippen molar-refractivity contribution in [2.75, 3.05) is 27.3 Å². The van der Waals surface area contributed by atoms with E-state index < -0.39 is 0 Å². The third-order valence-electron chi connectivity index (χ3n) is 5.62. The Morgan fingerprint density at radius 1 is 1.10 bits per heavy atom. The summed E-state index contributed by atoms with van der Waals surface area (Å²) >= 11 is 0. The highest BCUT2D eigenvalue weighted by Crippen LogP contribution is 2.30. The number of hydrogen-bond acceptors (Lipinski definition) is 5. The number of pyridine rings is 1. The maximum absolute atomic E-state index is 13.1. The minimum absolute atomic E-state index is 0.00368. The number of ether oxygens (including phenoxy) is 2. The lowest BCUT2D eigenvalue weighted by atomic mass is 9.89. The second kappa shape index (κ2) is 8.62. The molecular formula is C24H26N2O3. The number of carbonyl (C=O) groups excluding carboxylic acids is 1. The van der Waals surface area contributed by atoms with Crippen molar-refractivity contribution in [1.29, 1.82) is 0 Å². The third kappa shape index (κ3) is 4.25. The minimum Gasteiger partial charge on any atom is -0.493 e. The lowest BCUT2D eigenvalue weighted by Gasteiger charge is -2.32. The van der Waals surface area contributed by atoms with Gasteiger partial charge in [-0.2, -0.15) is 0 Å². The van der Waals surface area contributed by atoms with E-state index in [0.29, 0.717) is 17.1 Å². The van der Waals surface area contributed by atoms with Gasteiger partial charge in [-0.15, -0.1) is 0 Å². The Labute approximate surface area is 171 Å². The molecule has 1 saturated heterocycles. The fraction of sp³-hybridized carbons (Fsp3) is 0.333. The van der Waals surface area contributed by atoms with Gasteiger partial charge in [-0.1, -0.05) is 12.1 Å². The van der Waals surface area contributed by atoms with Crippen LogP contribution in [0.25, 0.3) is 10.9 Å². The molecule has 2 aromatic carbocycles. The number of aromatic nitrogens is 1. The Morgan fingerprint density at radius 3 is 2.79 bits per heavy atom. The van der Waals surface area contributed by atoms with Crippen molar-refractivity contribution < 1.29 is 14.3 Å². The first kappa shape index (κ1) is 19.4. The number of rotatable bonds is 6. The summed E-state index contributed by atoms with van der Waals surface area (Å²) in [6, 6.07) is 15.9. The van der Waals surface area contributed by atoms with Gasteiger partial charge < -0.3 is 9.47 Å². The average molecular weight is 390 g/mol. The van der Waals surface area contributed by atoms with E-state index in [0.717, 1.165) is 43.4 Å². The fourth-order valence-electron chi connectivity index (χ4n) is 4.12. The van der Waals surface area contributed by atoms with Crippen molar-refractivity contribution in [2.24, 2.45) is 5.92 Å². The molecule has 1 fully saturated rings. The summed E-state index contributed by atoms with van der Waals surface area (Å²) in [5.74, 6) is 1.42. The van der Waals surface area contributed by atoms with Crippen LogP contribution < -0.4 is 9.47 Å². The Bertz CT molecular complexity index is 1020. The zero-order valence-electron chi connectivity index (χ0n) is 16.9. The van der Waals surface area contributed by atoms with Crippen LogP contribution in [-0.4, -0.2) is 43.0 Å². The van der Waals surface area contributed by atoms with Gasteiger partial charge in [-0.3, -0.25) is 14.7 Å². The summed E-state index contributed by atoms with van der Waals surface area (Å²) in [6.45, 7) is 2.64. The van der Waals surface area contributed by atoms with E-state index in [4.69, 9.17) is 9.47 Å². The number of likely N-dealkylation sites (tertiary alicyclic amines) is 1. The predicted molar refractivity (Wildman–Crippen MR) is 114 cm³/mol.